The average molecular weight is 134 g/mol. The summed E-state index contributed by atoms with van der Waals surface area (Å²) in [6, 6.07) is 0. The Bertz CT molecular complexity index is 221. The van der Waals surface area contributed by atoms with Crippen LogP contribution in [0.15, 0.2) is 35.6 Å². The molecule has 0 amide bonds. The van der Waals surface area contributed by atoms with E-state index in [1.807, 2.05) is 24.3 Å². The molecule has 1 aliphatic carbocycles. The molecule has 2 nitrogen and oxygen atoms in total. The van der Waals surface area contributed by atoms with Crippen molar-refractivity contribution in [2.75, 3.05) is 0 Å². The summed E-state index contributed by atoms with van der Waals surface area (Å²) < 4.78 is 0. The van der Waals surface area contributed by atoms with Crippen molar-refractivity contribution in [1.82, 2.24) is 0 Å². The fourth-order valence-electron chi connectivity index (χ4n) is 0.802. The van der Waals surface area contributed by atoms with E-state index in [-0.39, 0.29) is 0 Å². The normalized spacial score (nSPS) is 17.2. The maximum absolute atomic E-state index is 6.98. The highest BCUT2D eigenvalue weighted by molar-refractivity contribution is 5.82. The number of hydrogen-bond donors (Lipinski definition) is 2. The molecule has 0 heterocycles. The number of nitrogens with two attached hydrogens (primary N) is 1. The zero-order valence-electron chi connectivity index (χ0n) is 5.67. The fraction of sp³-hybridized carbons (Fsp3) is 0.125. The molecule has 0 aromatic rings. The lowest BCUT2D eigenvalue weighted by atomic mass is 10.2. The molecule has 52 valence electrons. The molecule has 0 atom stereocenters. The third kappa shape index (κ3) is 1.35. The topological polar surface area (TPSA) is 49.9 Å². The second kappa shape index (κ2) is 3.01. The summed E-state index contributed by atoms with van der Waals surface area (Å²) in [7, 11) is 0. The minimum absolute atomic E-state index is 0.670. The van der Waals surface area contributed by atoms with Crippen molar-refractivity contribution in [3.05, 3.63) is 35.6 Å². The van der Waals surface area contributed by atoms with E-state index in [9.17, 15) is 0 Å². The highest BCUT2D eigenvalue weighted by atomic mass is 14.6. The van der Waals surface area contributed by atoms with Gasteiger partial charge >= 0.3 is 0 Å². The summed E-state index contributed by atoms with van der Waals surface area (Å²) in [5.41, 5.74) is 7.06. The summed E-state index contributed by atoms with van der Waals surface area (Å²) in [5, 5.41) is 6.98. The summed E-state index contributed by atoms with van der Waals surface area (Å²) in [5.74, 6) is 0. The first-order valence-electron chi connectivity index (χ1n) is 3.18. The highest BCUT2D eigenvalue weighted by Gasteiger charge is 1.95. The Hall–Kier alpha value is -1.31. The van der Waals surface area contributed by atoms with Gasteiger partial charge in [-0.05, 0) is 12.5 Å². The summed E-state index contributed by atoms with van der Waals surface area (Å²) in [6.07, 6.45) is 9.79. The molecule has 3 N–H and O–H groups in total. The molecule has 0 saturated heterocycles. The van der Waals surface area contributed by atoms with Gasteiger partial charge < -0.3 is 11.1 Å². The van der Waals surface area contributed by atoms with Crippen LogP contribution in [0.2, 0.25) is 0 Å². The number of hydrogen-bond acceptors (Lipinski definition) is 2. The van der Waals surface area contributed by atoms with Gasteiger partial charge in [0.2, 0.25) is 0 Å². The van der Waals surface area contributed by atoms with E-state index in [1.54, 1.807) is 0 Å². The van der Waals surface area contributed by atoms with Crippen LogP contribution >= 0.6 is 0 Å². The van der Waals surface area contributed by atoms with Crippen LogP contribution in [0.25, 0.3) is 0 Å². The largest absolute Gasteiger partial charge is 0.398 e. The maximum atomic E-state index is 6.98. The number of allylic oxidation sites excluding steroid dienone is 5. The molecule has 1 aliphatic rings. The van der Waals surface area contributed by atoms with E-state index >= 15 is 0 Å². The maximum Gasteiger partial charge on any atom is 0.0399 e. The van der Waals surface area contributed by atoms with E-state index in [2.05, 4.69) is 0 Å². The molecule has 0 aromatic carbocycles. The first-order valence-corrected chi connectivity index (χ1v) is 3.18. The van der Waals surface area contributed by atoms with Crippen LogP contribution in [0.5, 0.6) is 0 Å². The standard InChI is InChI=1S/C8H10N2/c9-6-7-4-2-1-3-5-8(7)10/h1,3-6,9H,2,10H2. The van der Waals surface area contributed by atoms with Gasteiger partial charge in [-0.3, -0.25) is 0 Å². The van der Waals surface area contributed by atoms with Gasteiger partial charge in [-0.25, -0.2) is 0 Å². The van der Waals surface area contributed by atoms with Crippen molar-refractivity contribution in [1.29, 1.82) is 5.41 Å². The lowest BCUT2D eigenvalue weighted by Gasteiger charge is -1.96. The second-order valence-electron chi connectivity index (χ2n) is 2.09. The van der Waals surface area contributed by atoms with Crippen LogP contribution in [0.3, 0.4) is 0 Å². The van der Waals surface area contributed by atoms with Crippen LogP contribution in [-0.4, -0.2) is 6.21 Å². The average Bonchev–Trinajstić information content (AvgIpc) is 2.13. The third-order valence-electron chi connectivity index (χ3n) is 1.37. The quantitative estimate of drug-likeness (QED) is 0.523. The lowest BCUT2D eigenvalue weighted by molar-refractivity contribution is 1.33. The molecule has 1 rings (SSSR count). The molecule has 0 radical (unpaired) electrons. The van der Waals surface area contributed by atoms with Crippen LogP contribution < -0.4 is 5.73 Å². The minimum atomic E-state index is 0.670. The van der Waals surface area contributed by atoms with Gasteiger partial charge in [0.1, 0.15) is 0 Å². The third-order valence-corrected chi connectivity index (χ3v) is 1.37. The number of rotatable bonds is 1. The minimum Gasteiger partial charge on any atom is -0.398 e. The van der Waals surface area contributed by atoms with Gasteiger partial charge in [-0.15, -0.1) is 0 Å². The first kappa shape index (κ1) is 6.81. The Labute approximate surface area is 60.2 Å². The van der Waals surface area contributed by atoms with Crippen LogP contribution in [0, 0.1) is 5.41 Å². The van der Waals surface area contributed by atoms with Crippen LogP contribution in [-0.2, 0) is 0 Å². The molecular formula is C8H10N2. The molecule has 0 fully saturated rings. The summed E-state index contributed by atoms with van der Waals surface area (Å²) in [6.45, 7) is 0. The van der Waals surface area contributed by atoms with Crippen LogP contribution in [0.1, 0.15) is 6.42 Å². The van der Waals surface area contributed by atoms with Crippen molar-refractivity contribution in [3.63, 3.8) is 0 Å². The van der Waals surface area contributed by atoms with Gasteiger partial charge in [-0.1, -0.05) is 18.2 Å². The first-order chi connectivity index (χ1) is 4.84. The van der Waals surface area contributed by atoms with E-state index < -0.39 is 0 Å². The Morgan fingerprint density at radius 3 is 3.10 bits per heavy atom. The Morgan fingerprint density at radius 1 is 1.60 bits per heavy atom. The smallest absolute Gasteiger partial charge is 0.0399 e. The van der Waals surface area contributed by atoms with Crippen molar-refractivity contribution in [3.8, 4) is 0 Å². The van der Waals surface area contributed by atoms with E-state index in [0.717, 1.165) is 12.0 Å². The zero-order chi connectivity index (χ0) is 7.40. The van der Waals surface area contributed by atoms with Gasteiger partial charge in [0.25, 0.3) is 0 Å². The predicted molar refractivity (Wildman–Crippen MR) is 42.9 cm³/mol. The Balaban J connectivity index is 2.91. The predicted octanol–water partition coefficient (Wildman–Crippen LogP) is 1.36. The van der Waals surface area contributed by atoms with Gasteiger partial charge in [0, 0.05) is 17.5 Å². The zero-order valence-corrected chi connectivity index (χ0v) is 5.67. The molecule has 0 aliphatic heterocycles. The second-order valence-corrected chi connectivity index (χ2v) is 2.09. The van der Waals surface area contributed by atoms with Gasteiger partial charge in [-0.2, -0.15) is 0 Å². The monoisotopic (exact) mass is 134 g/mol. The van der Waals surface area contributed by atoms with Crippen molar-refractivity contribution in [2.45, 2.75) is 6.42 Å². The molecule has 0 saturated carbocycles. The lowest BCUT2D eigenvalue weighted by Crippen LogP contribution is -2.00. The van der Waals surface area contributed by atoms with Crippen molar-refractivity contribution in [2.24, 2.45) is 5.73 Å². The van der Waals surface area contributed by atoms with Gasteiger partial charge in [0.15, 0.2) is 0 Å². The molecule has 2 heteroatoms. The van der Waals surface area contributed by atoms with E-state index in [1.165, 1.54) is 6.21 Å². The molecule has 0 unspecified atom stereocenters. The Kier molecular flexibility index (Phi) is 2.05. The molecule has 0 aromatic heterocycles. The SMILES string of the molecule is N=CC1=CCC=CC=C1N. The molecule has 0 bridgehead atoms. The summed E-state index contributed by atoms with van der Waals surface area (Å²) in [4.78, 5) is 0. The highest BCUT2D eigenvalue weighted by Crippen LogP contribution is 2.06. The van der Waals surface area contributed by atoms with Gasteiger partial charge in [0.05, 0.1) is 0 Å². The molecule has 10 heavy (non-hydrogen) atoms. The molecular weight excluding hydrogens is 124 g/mol. The summed E-state index contributed by atoms with van der Waals surface area (Å²) >= 11 is 0. The van der Waals surface area contributed by atoms with E-state index in [0.29, 0.717) is 5.70 Å². The van der Waals surface area contributed by atoms with Crippen LogP contribution in [0.4, 0.5) is 0 Å². The fourth-order valence-corrected chi connectivity index (χ4v) is 0.802. The number of nitrogens with one attached hydrogen (secondary N) is 1. The van der Waals surface area contributed by atoms with Crippen molar-refractivity contribution < 1.29 is 0 Å². The van der Waals surface area contributed by atoms with Crippen molar-refractivity contribution >= 4 is 6.21 Å². The molecule has 0 spiro atoms. The Morgan fingerprint density at radius 2 is 2.40 bits per heavy atom. The van der Waals surface area contributed by atoms with E-state index in [4.69, 9.17) is 11.1 Å².